The Balaban J connectivity index is 2.25. The minimum Gasteiger partial charge on any atom is -0.478 e. The molecule has 0 bridgehead atoms. The fourth-order valence-corrected chi connectivity index (χ4v) is 1.93. The molecule has 5 heteroatoms. The molecule has 0 heterocycles. The van der Waals surface area contributed by atoms with E-state index in [1.165, 1.54) is 36.4 Å². The summed E-state index contributed by atoms with van der Waals surface area (Å²) in [7, 11) is 0. The molecule has 0 spiro atoms. The molecule has 0 radical (unpaired) electrons. The summed E-state index contributed by atoms with van der Waals surface area (Å²) in [4.78, 5) is 10.8. The molecule has 0 unspecified atom stereocenters. The molecule has 92 valence electrons. The van der Waals surface area contributed by atoms with Crippen molar-refractivity contribution in [1.82, 2.24) is 0 Å². The van der Waals surface area contributed by atoms with Crippen molar-refractivity contribution >= 4 is 21.9 Å². The van der Waals surface area contributed by atoms with Crippen molar-refractivity contribution in [2.75, 3.05) is 0 Å². The number of hydrogen-bond acceptors (Lipinski definition) is 2. The molecular weight excluding hydrogens is 303 g/mol. The molecule has 1 N–H and O–H groups in total. The van der Waals surface area contributed by atoms with Crippen LogP contribution < -0.4 is 4.74 Å². The average Bonchev–Trinajstić information content (AvgIpc) is 2.28. The molecule has 0 fully saturated rings. The van der Waals surface area contributed by atoms with E-state index in [0.717, 1.165) is 0 Å². The summed E-state index contributed by atoms with van der Waals surface area (Å²) in [5.41, 5.74) is 0.140. The number of carbonyl (C=O) groups is 1. The molecule has 0 aromatic heterocycles. The summed E-state index contributed by atoms with van der Waals surface area (Å²) in [6.45, 7) is 0. The fourth-order valence-electron chi connectivity index (χ4n) is 1.40. The minimum atomic E-state index is -1.03. The van der Waals surface area contributed by atoms with Crippen LogP contribution in [0.1, 0.15) is 10.4 Å². The van der Waals surface area contributed by atoms with Gasteiger partial charge in [-0.15, -0.1) is 0 Å². The van der Waals surface area contributed by atoms with Crippen LogP contribution in [0.25, 0.3) is 0 Å². The summed E-state index contributed by atoms with van der Waals surface area (Å²) < 4.78 is 18.8. The number of ether oxygens (including phenoxy) is 1. The highest BCUT2D eigenvalue weighted by Gasteiger charge is 2.09. The van der Waals surface area contributed by atoms with Gasteiger partial charge in [0.25, 0.3) is 0 Å². The highest BCUT2D eigenvalue weighted by Crippen LogP contribution is 2.27. The van der Waals surface area contributed by atoms with Crippen LogP contribution in [0.4, 0.5) is 4.39 Å². The number of carboxylic acids is 1. The van der Waals surface area contributed by atoms with Crippen LogP contribution in [0.15, 0.2) is 46.9 Å². The zero-order valence-electron chi connectivity index (χ0n) is 9.06. The fraction of sp³-hybridized carbons (Fsp3) is 0. The molecule has 0 aliphatic rings. The Morgan fingerprint density at radius 1 is 1.17 bits per heavy atom. The predicted octanol–water partition coefficient (Wildman–Crippen LogP) is 4.08. The lowest BCUT2D eigenvalue weighted by molar-refractivity contribution is 0.0696. The molecule has 0 aliphatic carbocycles. The van der Waals surface area contributed by atoms with E-state index in [1.807, 2.05) is 0 Å². The molecule has 2 rings (SSSR count). The van der Waals surface area contributed by atoms with Gasteiger partial charge in [-0.25, -0.2) is 9.18 Å². The summed E-state index contributed by atoms with van der Waals surface area (Å²) in [5, 5.41) is 8.86. The van der Waals surface area contributed by atoms with E-state index in [0.29, 0.717) is 16.0 Å². The first-order chi connectivity index (χ1) is 8.56. The van der Waals surface area contributed by atoms with Crippen molar-refractivity contribution in [2.45, 2.75) is 0 Å². The first-order valence-corrected chi connectivity index (χ1v) is 5.82. The third-order valence-corrected chi connectivity index (χ3v) is 2.86. The Hall–Kier alpha value is -1.88. The summed E-state index contributed by atoms with van der Waals surface area (Å²) in [5.74, 6) is -0.643. The second-order valence-corrected chi connectivity index (χ2v) is 4.36. The van der Waals surface area contributed by atoms with Crippen molar-refractivity contribution in [3.8, 4) is 11.5 Å². The maximum Gasteiger partial charge on any atom is 0.336 e. The lowest BCUT2D eigenvalue weighted by Gasteiger charge is -2.07. The topological polar surface area (TPSA) is 46.5 Å². The molecule has 2 aromatic carbocycles. The van der Waals surface area contributed by atoms with Crippen LogP contribution in [-0.4, -0.2) is 11.1 Å². The first-order valence-electron chi connectivity index (χ1n) is 5.02. The van der Waals surface area contributed by atoms with E-state index in [2.05, 4.69) is 15.9 Å². The lowest BCUT2D eigenvalue weighted by Crippen LogP contribution is -1.97. The summed E-state index contributed by atoms with van der Waals surface area (Å²) in [6.07, 6.45) is 0. The molecular formula is C13H8BrFO3. The number of hydrogen-bond donors (Lipinski definition) is 1. The third kappa shape index (κ3) is 2.87. The number of halogens is 2. The Morgan fingerprint density at radius 3 is 2.50 bits per heavy atom. The van der Waals surface area contributed by atoms with Crippen molar-refractivity contribution in [3.63, 3.8) is 0 Å². The molecule has 0 saturated carbocycles. The Bertz CT molecular complexity index is 599. The Morgan fingerprint density at radius 2 is 1.89 bits per heavy atom. The SMILES string of the molecule is O=C(O)c1ccc(Oc2cccc(F)c2)cc1Br. The van der Waals surface area contributed by atoms with Crippen LogP contribution in [0.2, 0.25) is 0 Å². The van der Waals surface area contributed by atoms with E-state index >= 15 is 0 Å². The van der Waals surface area contributed by atoms with Gasteiger partial charge < -0.3 is 9.84 Å². The highest BCUT2D eigenvalue weighted by molar-refractivity contribution is 9.10. The van der Waals surface area contributed by atoms with Gasteiger partial charge in [0.05, 0.1) is 5.56 Å². The molecule has 0 saturated heterocycles. The van der Waals surface area contributed by atoms with Gasteiger partial charge in [0.15, 0.2) is 0 Å². The highest BCUT2D eigenvalue weighted by atomic mass is 79.9. The second kappa shape index (κ2) is 5.18. The average molecular weight is 311 g/mol. The van der Waals surface area contributed by atoms with Gasteiger partial charge in [0.1, 0.15) is 17.3 Å². The van der Waals surface area contributed by atoms with Gasteiger partial charge in [-0.2, -0.15) is 0 Å². The monoisotopic (exact) mass is 310 g/mol. The Kier molecular flexibility index (Phi) is 3.62. The van der Waals surface area contributed by atoms with E-state index in [4.69, 9.17) is 9.84 Å². The molecule has 0 atom stereocenters. The minimum absolute atomic E-state index is 0.140. The van der Waals surface area contributed by atoms with Crippen molar-refractivity contribution in [3.05, 3.63) is 58.3 Å². The van der Waals surface area contributed by atoms with Crippen LogP contribution in [0.3, 0.4) is 0 Å². The van der Waals surface area contributed by atoms with Crippen molar-refractivity contribution in [1.29, 1.82) is 0 Å². The molecule has 3 nitrogen and oxygen atoms in total. The summed E-state index contributed by atoms with van der Waals surface area (Å²) >= 11 is 3.14. The van der Waals surface area contributed by atoms with Gasteiger partial charge in [-0.3, -0.25) is 0 Å². The van der Waals surface area contributed by atoms with Crippen molar-refractivity contribution < 1.29 is 19.0 Å². The zero-order chi connectivity index (χ0) is 13.1. The van der Waals surface area contributed by atoms with Gasteiger partial charge >= 0.3 is 5.97 Å². The lowest BCUT2D eigenvalue weighted by atomic mass is 10.2. The smallest absolute Gasteiger partial charge is 0.336 e. The van der Waals surface area contributed by atoms with Gasteiger partial charge in [0.2, 0.25) is 0 Å². The van der Waals surface area contributed by atoms with Gasteiger partial charge in [-0.05, 0) is 46.3 Å². The zero-order valence-corrected chi connectivity index (χ0v) is 10.6. The molecule has 0 amide bonds. The molecule has 18 heavy (non-hydrogen) atoms. The number of rotatable bonds is 3. The normalized spacial score (nSPS) is 10.1. The van der Waals surface area contributed by atoms with E-state index in [-0.39, 0.29) is 5.56 Å². The van der Waals surface area contributed by atoms with Crippen LogP contribution in [-0.2, 0) is 0 Å². The van der Waals surface area contributed by atoms with Gasteiger partial charge in [0, 0.05) is 10.5 Å². The molecule has 0 aliphatic heterocycles. The van der Waals surface area contributed by atoms with Crippen LogP contribution >= 0.6 is 15.9 Å². The standard InChI is InChI=1S/C13H8BrFO3/c14-12-7-10(4-5-11(12)13(16)17)18-9-3-1-2-8(15)6-9/h1-7H,(H,16,17). The van der Waals surface area contributed by atoms with Crippen LogP contribution in [0, 0.1) is 5.82 Å². The number of carboxylic acid groups (broad SMARTS) is 1. The maximum atomic E-state index is 13.0. The predicted molar refractivity (Wildman–Crippen MR) is 67.6 cm³/mol. The van der Waals surface area contributed by atoms with Crippen LogP contribution in [0.5, 0.6) is 11.5 Å². The largest absolute Gasteiger partial charge is 0.478 e. The number of aromatic carboxylic acids is 1. The Labute approximate surface area is 111 Å². The van der Waals surface area contributed by atoms with E-state index < -0.39 is 11.8 Å². The van der Waals surface area contributed by atoms with Crippen molar-refractivity contribution in [2.24, 2.45) is 0 Å². The van der Waals surface area contributed by atoms with Gasteiger partial charge in [-0.1, -0.05) is 6.07 Å². The van der Waals surface area contributed by atoms with E-state index in [1.54, 1.807) is 6.07 Å². The molecule has 2 aromatic rings. The second-order valence-electron chi connectivity index (χ2n) is 3.51. The maximum absolute atomic E-state index is 13.0. The first kappa shape index (κ1) is 12.6. The number of benzene rings is 2. The quantitative estimate of drug-likeness (QED) is 0.929. The summed E-state index contributed by atoms with van der Waals surface area (Å²) in [6, 6.07) is 10.2. The third-order valence-electron chi connectivity index (χ3n) is 2.20. The van der Waals surface area contributed by atoms with E-state index in [9.17, 15) is 9.18 Å².